The minimum absolute atomic E-state index is 0.0843. The van der Waals surface area contributed by atoms with Gasteiger partial charge in [0, 0.05) is 19.2 Å². The van der Waals surface area contributed by atoms with Crippen LogP contribution in [0.2, 0.25) is 0 Å². The molecule has 0 aromatic rings. The lowest BCUT2D eigenvalue weighted by molar-refractivity contribution is -0.134. The van der Waals surface area contributed by atoms with E-state index in [-0.39, 0.29) is 24.3 Å². The molecule has 2 heterocycles. The van der Waals surface area contributed by atoms with Crippen molar-refractivity contribution in [1.82, 2.24) is 9.80 Å². The highest BCUT2D eigenvalue weighted by Gasteiger charge is 2.32. The Labute approximate surface area is 191 Å². The van der Waals surface area contributed by atoms with Crippen molar-refractivity contribution in [3.63, 3.8) is 0 Å². The number of ether oxygens (including phenoxy) is 3. The van der Waals surface area contributed by atoms with Crippen molar-refractivity contribution in [2.75, 3.05) is 20.2 Å². The highest BCUT2D eigenvalue weighted by molar-refractivity contribution is 5.82. The highest BCUT2D eigenvalue weighted by atomic mass is 16.6. The molecule has 0 aliphatic carbocycles. The standard InChI is InChI=1S/C13H21NO4.C10H17NO3/c1-13(2,3)18-12(16)14-9-5-6-10(14)7-8-11(15)17-4;1-10(2,3)14-9(13)11-6-4-5-8(11)7-12/h7-8,10H,5-6,9H2,1-4H3;7-8H,4-6H2,1-3H3/b8-7+;/t10-;8-/m00/s1. The van der Waals surface area contributed by atoms with Gasteiger partial charge >= 0.3 is 18.2 Å². The number of carbonyl (C=O) groups is 4. The summed E-state index contributed by atoms with van der Waals surface area (Å²) in [6.07, 6.45) is 6.53. The van der Waals surface area contributed by atoms with Crippen LogP contribution in [0.1, 0.15) is 67.2 Å². The van der Waals surface area contributed by atoms with Crippen LogP contribution >= 0.6 is 0 Å². The second kappa shape index (κ2) is 11.9. The molecule has 9 nitrogen and oxygen atoms in total. The van der Waals surface area contributed by atoms with Crippen LogP contribution in [0.15, 0.2) is 12.2 Å². The number of rotatable bonds is 3. The van der Waals surface area contributed by atoms with E-state index in [9.17, 15) is 19.2 Å². The summed E-state index contributed by atoms with van der Waals surface area (Å²) in [6, 6.07) is -0.371. The van der Waals surface area contributed by atoms with Gasteiger partial charge in [-0.3, -0.25) is 4.90 Å². The molecule has 182 valence electrons. The molecule has 0 aromatic carbocycles. The summed E-state index contributed by atoms with van der Waals surface area (Å²) in [4.78, 5) is 48.3. The maximum Gasteiger partial charge on any atom is 0.410 e. The Morgan fingerprint density at radius 2 is 1.25 bits per heavy atom. The van der Waals surface area contributed by atoms with E-state index in [0.29, 0.717) is 13.1 Å². The topological polar surface area (TPSA) is 102 Å². The largest absolute Gasteiger partial charge is 0.466 e. The van der Waals surface area contributed by atoms with Crippen molar-refractivity contribution in [3.05, 3.63) is 12.2 Å². The number of hydrogen-bond acceptors (Lipinski definition) is 7. The van der Waals surface area contributed by atoms with Crippen molar-refractivity contribution < 1.29 is 33.4 Å². The number of carbonyl (C=O) groups excluding carboxylic acids is 4. The van der Waals surface area contributed by atoms with Crippen molar-refractivity contribution in [2.45, 2.75) is 90.5 Å². The fourth-order valence-electron chi connectivity index (χ4n) is 3.28. The fourth-order valence-corrected chi connectivity index (χ4v) is 3.28. The molecule has 2 saturated heterocycles. The van der Waals surface area contributed by atoms with Gasteiger partial charge in [-0.1, -0.05) is 6.08 Å². The first-order valence-corrected chi connectivity index (χ1v) is 11.0. The van der Waals surface area contributed by atoms with Crippen LogP contribution < -0.4 is 0 Å². The molecule has 2 amide bonds. The Balaban J connectivity index is 0.000000330. The second-order valence-corrected chi connectivity index (χ2v) is 9.78. The van der Waals surface area contributed by atoms with Crippen LogP contribution in [0, 0.1) is 0 Å². The van der Waals surface area contributed by atoms with Gasteiger partial charge in [0.1, 0.15) is 17.5 Å². The van der Waals surface area contributed by atoms with Crippen LogP contribution in [-0.2, 0) is 23.8 Å². The van der Waals surface area contributed by atoms with E-state index in [4.69, 9.17) is 9.47 Å². The predicted molar refractivity (Wildman–Crippen MR) is 119 cm³/mol. The third-order valence-electron chi connectivity index (χ3n) is 4.67. The van der Waals surface area contributed by atoms with Gasteiger partial charge in [0.15, 0.2) is 0 Å². The fraction of sp³-hybridized carbons (Fsp3) is 0.739. The van der Waals surface area contributed by atoms with Crippen LogP contribution in [0.4, 0.5) is 9.59 Å². The predicted octanol–water partition coefficient (Wildman–Crippen LogP) is 3.70. The lowest BCUT2D eigenvalue weighted by Crippen LogP contribution is -2.40. The van der Waals surface area contributed by atoms with Gasteiger partial charge in [-0.15, -0.1) is 0 Å². The zero-order chi connectivity index (χ0) is 24.5. The Hall–Kier alpha value is -2.58. The van der Waals surface area contributed by atoms with E-state index in [1.54, 1.807) is 11.0 Å². The molecule has 0 spiro atoms. The van der Waals surface area contributed by atoms with Gasteiger partial charge in [0.2, 0.25) is 0 Å². The summed E-state index contributed by atoms with van der Waals surface area (Å²) in [5, 5.41) is 0. The Morgan fingerprint density at radius 1 is 0.812 bits per heavy atom. The van der Waals surface area contributed by atoms with Crippen LogP contribution in [0.3, 0.4) is 0 Å². The summed E-state index contributed by atoms with van der Waals surface area (Å²) >= 11 is 0. The minimum atomic E-state index is -0.504. The van der Waals surface area contributed by atoms with Gasteiger partial charge < -0.3 is 23.9 Å². The summed E-state index contributed by atoms with van der Waals surface area (Å²) in [7, 11) is 1.33. The van der Waals surface area contributed by atoms with E-state index in [2.05, 4.69) is 4.74 Å². The second-order valence-electron chi connectivity index (χ2n) is 9.78. The monoisotopic (exact) mass is 454 g/mol. The molecule has 2 aliphatic heterocycles. The summed E-state index contributed by atoms with van der Waals surface area (Å²) in [6.45, 7) is 12.2. The molecular formula is C23H38N2O7. The Kier molecular flexibility index (Phi) is 10.2. The quantitative estimate of drug-likeness (QED) is 0.277. The molecule has 0 aromatic heterocycles. The van der Waals surface area contributed by atoms with E-state index in [1.165, 1.54) is 18.1 Å². The number of aldehydes is 1. The first-order valence-electron chi connectivity index (χ1n) is 11.0. The van der Waals surface area contributed by atoms with Crippen LogP contribution in [0.5, 0.6) is 0 Å². The van der Waals surface area contributed by atoms with Gasteiger partial charge in [-0.25, -0.2) is 14.4 Å². The van der Waals surface area contributed by atoms with Gasteiger partial charge in [-0.2, -0.15) is 0 Å². The Morgan fingerprint density at radius 3 is 1.66 bits per heavy atom. The maximum absolute atomic E-state index is 11.9. The van der Waals surface area contributed by atoms with Crippen molar-refractivity contribution >= 4 is 24.4 Å². The average molecular weight is 455 g/mol. The average Bonchev–Trinajstić information content (AvgIpc) is 3.32. The van der Waals surface area contributed by atoms with Crippen molar-refractivity contribution in [3.8, 4) is 0 Å². The molecule has 2 atom stereocenters. The SMILES string of the molecule is CC(C)(C)OC(=O)N1CCC[C@H]1C=O.COC(=O)/C=C/[C@@H]1CCCN1C(=O)OC(C)(C)C. The first-order chi connectivity index (χ1) is 14.8. The number of likely N-dealkylation sites (tertiary alicyclic amines) is 2. The lowest BCUT2D eigenvalue weighted by Gasteiger charge is -2.27. The number of methoxy groups -OCH3 is 1. The van der Waals surface area contributed by atoms with Crippen molar-refractivity contribution in [2.24, 2.45) is 0 Å². The third-order valence-corrected chi connectivity index (χ3v) is 4.67. The molecule has 32 heavy (non-hydrogen) atoms. The molecule has 0 radical (unpaired) electrons. The normalized spacial score (nSPS) is 21.1. The lowest BCUT2D eigenvalue weighted by atomic mass is 10.2. The molecule has 0 saturated carbocycles. The number of hydrogen-bond donors (Lipinski definition) is 0. The van der Waals surface area contributed by atoms with Crippen molar-refractivity contribution in [1.29, 1.82) is 0 Å². The van der Waals surface area contributed by atoms with Gasteiger partial charge in [0.05, 0.1) is 19.2 Å². The molecule has 0 bridgehead atoms. The molecule has 2 aliphatic rings. The molecule has 0 N–H and O–H groups in total. The van der Waals surface area contributed by atoms with Crippen LogP contribution in [0.25, 0.3) is 0 Å². The van der Waals surface area contributed by atoms with Crippen LogP contribution in [-0.4, -0.2) is 77.7 Å². The van der Waals surface area contributed by atoms with E-state index < -0.39 is 17.2 Å². The minimum Gasteiger partial charge on any atom is -0.466 e. The smallest absolute Gasteiger partial charge is 0.410 e. The molecule has 2 rings (SSSR count). The van der Waals surface area contributed by atoms with Gasteiger partial charge in [-0.05, 0) is 67.2 Å². The van der Waals surface area contributed by atoms with E-state index >= 15 is 0 Å². The molecule has 0 unspecified atom stereocenters. The zero-order valence-corrected chi connectivity index (χ0v) is 20.4. The van der Waals surface area contributed by atoms with Gasteiger partial charge in [0.25, 0.3) is 0 Å². The Bertz CT molecular complexity index is 691. The number of esters is 1. The molecule has 9 heteroatoms. The summed E-state index contributed by atoms with van der Waals surface area (Å²) < 4.78 is 15.0. The first kappa shape index (κ1) is 27.5. The molecular weight excluding hydrogens is 416 g/mol. The molecule has 2 fully saturated rings. The summed E-state index contributed by atoms with van der Waals surface area (Å²) in [5.41, 5.74) is -0.997. The summed E-state index contributed by atoms with van der Waals surface area (Å²) in [5.74, 6) is -0.411. The number of nitrogens with zero attached hydrogens (tertiary/aromatic N) is 2. The van der Waals surface area contributed by atoms with E-state index in [1.807, 2.05) is 41.5 Å². The zero-order valence-electron chi connectivity index (χ0n) is 20.4. The number of amides is 2. The van der Waals surface area contributed by atoms with E-state index in [0.717, 1.165) is 32.0 Å². The maximum atomic E-state index is 11.9. The third kappa shape index (κ3) is 9.70. The highest BCUT2D eigenvalue weighted by Crippen LogP contribution is 2.22.